The number of benzene rings is 2. The molecule has 8 heteroatoms. The number of carbonyl (C=O) groups is 1. The molecule has 1 aromatic heterocycles. The minimum atomic E-state index is -0.292. The summed E-state index contributed by atoms with van der Waals surface area (Å²) in [5.74, 6) is 1.24. The Hall–Kier alpha value is -3.45. The van der Waals surface area contributed by atoms with Crippen LogP contribution in [0.2, 0.25) is 5.02 Å². The van der Waals surface area contributed by atoms with E-state index in [1.807, 2.05) is 49.4 Å². The third-order valence-corrected chi connectivity index (χ3v) is 4.59. The van der Waals surface area contributed by atoms with E-state index in [1.165, 1.54) is 6.21 Å². The number of hydrogen-bond donors (Lipinski definition) is 2. The molecule has 30 heavy (non-hydrogen) atoms. The fourth-order valence-corrected chi connectivity index (χ4v) is 2.85. The Labute approximate surface area is 179 Å². The second-order valence-corrected chi connectivity index (χ2v) is 6.76. The minimum Gasteiger partial charge on any atom is -0.497 e. The van der Waals surface area contributed by atoms with Gasteiger partial charge in [0.2, 0.25) is 0 Å². The highest BCUT2D eigenvalue weighted by molar-refractivity contribution is 6.31. The van der Waals surface area contributed by atoms with Crippen molar-refractivity contribution in [1.29, 1.82) is 0 Å². The molecule has 0 fully saturated rings. The first kappa shape index (κ1) is 21.3. The largest absolute Gasteiger partial charge is 0.497 e. The van der Waals surface area contributed by atoms with Gasteiger partial charge in [-0.2, -0.15) is 5.10 Å². The van der Waals surface area contributed by atoms with Crippen LogP contribution in [0.4, 0.5) is 5.69 Å². The zero-order chi connectivity index (χ0) is 21.3. The van der Waals surface area contributed by atoms with Crippen molar-refractivity contribution in [3.05, 3.63) is 76.5 Å². The van der Waals surface area contributed by atoms with Crippen molar-refractivity contribution in [2.24, 2.45) is 5.10 Å². The highest BCUT2D eigenvalue weighted by Crippen LogP contribution is 2.23. The van der Waals surface area contributed by atoms with E-state index in [0.717, 1.165) is 22.6 Å². The number of nitrogens with one attached hydrogen (secondary N) is 2. The fourth-order valence-electron chi connectivity index (χ4n) is 2.57. The Morgan fingerprint density at radius 2 is 1.97 bits per heavy atom. The first-order chi connectivity index (χ1) is 14.5. The fraction of sp³-hybridized carbons (Fsp3) is 0.182. The molecule has 2 aromatic carbocycles. The van der Waals surface area contributed by atoms with Crippen LogP contribution in [0.3, 0.4) is 0 Å². The lowest BCUT2D eigenvalue weighted by atomic mass is 10.1. The van der Waals surface area contributed by atoms with Gasteiger partial charge in [-0.15, -0.1) is 0 Å². The predicted molar refractivity (Wildman–Crippen MR) is 116 cm³/mol. The van der Waals surface area contributed by atoms with Gasteiger partial charge >= 0.3 is 0 Å². The van der Waals surface area contributed by atoms with Crippen LogP contribution in [0.15, 0.2) is 64.1 Å². The van der Waals surface area contributed by atoms with Gasteiger partial charge in [-0.25, -0.2) is 5.43 Å². The highest BCUT2D eigenvalue weighted by Gasteiger charge is 2.07. The van der Waals surface area contributed by atoms with Gasteiger partial charge in [-0.05, 0) is 48.9 Å². The summed E-state index contributed by atoms with van der Waals surface area (Å²) in [6, 6.07) is 16.3. The molecule has 156 valence electrons. The molecule has 0 saturated heterocycles. The zero-order valence-corrected chi connectivity index (χ0v) is 17.4. The Morgan fingerprint density at radius 1 is 1.17 bits per heavy atom. The molecule has 3 aromatic rings. The van der Waals surface area contributed by atoms with E-state index in [9.17, 15) is 4.79 Å². The van der Waals surface area contributed by atoms with Crippen LogP contribution in [-0.2, 0) is 11.4 Å². The van der Waals surface area contributed by atoms with Gasteiger partial charge in [0.1, 0.15) is 12.4 Å². The van der Waals surface area contributed by atoms with Gasteiger partial charge in [0.05, 0.1) is 19.9 Å². The molecular weight excluding hydrogens is 406 g/mol. The number of furan rings is 1. The summed E-state index contributed by atoms with van der Waals surface area (Å²) >= 11 is 6.19. The van der Waals surface area contributed by atoms with E-state index in [-0.39, 0.29) is 12.5 Å². The zero-order valence-electron chi connectivity index (χ0n) is 16.6. The maximum absolute atomic E-state index is 11.9. The Kier molecular flexibility index (Phi) is 7.34. The smallest absolute Gasteiger partial charge is 0.285 e. The number of ether oxygens (including phenoxy) is 2. The number of anilines is 1. The molecule has 3 rings (SSSR count). The summed E-state index contributed by atoms with van der Waals surface area (Å²) in [5.41, 5.74) is 5.18. The summed E-state index contributed by atoms with van der Waals surface area (Å²) < 4.78 is 16.3. The number of nitrogens with zero attached hydrogens (tertiary/aromatic N) is 1. The van der Waals surface area contributed by atoms with Crippen LogP contribution >= 0.6 is 11.6 Å². The maximum atomic E-state index is 11.9. The predicted octanol–water partition coefficient (Wildman–Crippen LogP) is 4.39. The van der Waals surface area contributed by atoms with Crippen molar-refractivity contribution in [3.8, 4) is 11.7 Å². The van der Waals surface area contributed by atoms with Crippen molar-refractivity contribution in [1.82, 2.24) is 5.43 Å². The molecule has 0 aliphatic rings. The van der Waals surface area contributed by atoms with Crippen molar-refractivity contribution in [3.63, 3.8) is 0 Å². The van der Waals surface area contributed by atoms with Crippen LogP contribution in [0.5, 0.6) is 11.7 Å². The molecular formula is C22H22ClN3O4. The molecule has 1 heterocycles. The lowest BCUT2D eigenvalue weighted by Gasteiger charge is -2.08. The molecule has 0 aliphatic carbocycles. The van der Waals surface area contributed by atoms with Crippen molar-refractivity contribution in [2.75, 3.05) is 19.0 Å². The van der Waals surface area contributed by atoms with Gasteiger partial charge < -0.3 is 19.2 Å². The molecule has 0 saturated carbocycles. The summed E-state index contributed by atoms with van der Waals surface area (Å²) in [7, 11) is 1.60. The monoisotopic (exact) mass is 427 g/mol. The first-order valence-corrected chi connectivity index (χ1v) is 9.59. The average Bonchev–Trinajstić information content (AvgIpc) is 3.20. The molecule has 0 aliphatic heterocycles. The van der Waals surface area contributed by atoms with Gasteiger partial charge in [0.25, 0.3) is 11.9 Å². The molecule has 0 unspecified atom stereocenters. The van der Waals surface area contributed by atoms with Crippen molar-refractivity contribution < 1.29 is 18.7 Å². The molecule has 1 amide bonds. The molecule has 0 spiro atoms. The van der Waals surface area contributed by atoms with E-state index in [1.54, 1.807) is 19.2 Å². The van der Waals surface area contributed by atoms with E-state index in [4.69, 9.17) is 25.5 Å². The number of rotatable bonds is 9. The standard InChI is InChI=1S/C22H22ClN3O4/c1-15-4-3-5-20(23)19(15)14-29-22-11-10-18(30-22)12-25-26-21(27)13-24-16-6-8-17(28-2)9-7-16/h3-12,24H,13-14H2,1-2H3,(H,26,27)/b25-12+. The van der Waals surface area contributed by atoms with E-state index >= 15 is 0 Å². The normalized spacial score (nSPS) is 10.8. The summed E-state index contributed by atoms with van der Waals surface area (Å²) in [6.07, 6.45) is 1.40. The number of halogens is 1. The number of carbonyl (C=O) groups excluding carboxylic acids is 1. The van der Waals surface area contributed by atoms with Crippen LogP contribution in [0, 0.1) is 6.92 Å². The molecule has 7 nitrogen and oxygen atoms in total. The van der Waals surface area contributed by atoms with Crippen LogP contribution in [0.1, 0.15) is 16.9 Å². The Morgan fingerprint density at radius 3 is 2.70 bits per heavy atom. The van der Waals surface area contributed by atoms with Crippen LogP contribution in [-0.4, -0.2) is 25.8 Å². The molecule has 0 atom stereocenters. The quantitative estimate of drug-likeness (QED) is 0.390. The van der Waals surface area contributed by atoms with Crippen molar-refractivity contribution >= 4 is 29.4 Å². The summed E-state index contributed by atoms with van der Waals surface area (Å²) in [5, 5.41) is 7.53. The number of hydrogen-bond acceptors (Lipinski definition) is 6. The number of amides is 1. The number of hydrazone groups is 1. The van der Waals surface area contributed by atoms with Gasteiger partial charge in [-0.3, -0.25) is 4.79 Å². The first-order valence-electron chi connectivity index (χ1n) is 9.21. The highest BCUT2D eigenvalue weighted by atomic mass is 35.5. The Balaban J connectivity index is 1.44. The molecule has 0 radical (unpaired) electrons. The average molecular weight is 428 g/mol. The lowest BCUT2D eigenvalue weighted by Crippen LogP contribution is -2.25. The topological polar surface area (TPSA) is 85.1 Å². The number of aryl methyl sites for hydroxylation is 1. The van der Waals surface area contributed by atoms with E-state index in [0.29, 0.717) is 23.3 Å². The third-order valence-electron chi connectivity index (χ3n) is 4.24. The lowest BCUT2D eigenvalue weighted by molar-refractivity contribution is -0.119. The minimum absolute atomic E-state index is 0.0768. The number of methoxy groups -OCH3 is 1. The molecule has 0 bridgehead atoms. The second kappa shape index (κ2) is 10.4. The van der Waals surface area contributed by atoms with E-state index < -0.39 is 0 Å². The van der Waals surface area contributed by atoms with Crippen molar-refractivity contribution in [2.45, 2.75) is 13.5 Å². The summed E-state index contributed by atoms with van der Waals surface area (Å²) in [4.78, 5) is 11.9. The van der Waals surface area contributed by atoms with Gasteiger partial charge in [-0.1, -0.05) is 23.7 Å². The Bertz CT molecular complexity index is 995. The van der Waals surface area contributed by atoms with Crippen LogP contribution in [0.25, 0.3) is 0 Å². The second-order valence-electron chi connectivity index (χ2n) is 6.36. The SMILES string of the molecule is COc1ccc(NCC(=O)N/N=C/c2ccc(OCc3c(C)cccc3Cl)o2)cc1. The van der Waals surface area contributed by atoms with E-state index in [2.05, 4.69) is 15.8 Å². The third kappa shape index (κ3) is 6.02. The van der Waals surface area contributed by atoms with Crippen LogP contribution < -0.4 is 20.2 Å². The maximum Gasteiger partial charge on any atom is 0.285 e. The van der Waals surface area contributed by atoms with Gasteiger partial charge in [0.15, 0.2) is 5.76 Å². The van der Waals surface area contributed by atoms with Gasteiger partial charge in [0, 0.05) is 22.3 Å². The molecule has 2 N–H and O–H groups in total. The summed E-state index contributed by atoms with van der Waals surface area (Å²) in [6.45, 7) is 2.34.